The Morgan fingerprint density at radius 1 is 1.30 bits per heavy atom. The van der Waals surface area contributed by atoms with Crippen molar-refractivity contribution in [3.63, 3.8) is 0 Å². The van der Waals surface area contributed by atoms with Crippen LogP contribution in [0.3, 0.4) is 0 Å². The summed E-state index contributed by atoms with van der Waals surface area (Å²) >= 11 is 0. The Kier molecular flexibility index (Phi) is 4.95. The normalized spacial score (nSPS) is 12.6. The van der Waals surface area contributed by atoms with Crippen LogP contribution in [0.1, 0.15) is 32.8 Å². The van der Waals surface area contributed by atoms with Crippen molar-refractivity contribution in [3.05, 3.63) is 47.3 Å². The third-order valence-corrected chi connectivity index (χ3v) is 3.83. The Bertz CT molecular complexity index is 755. The Balaban J connectivity index is 0.00000192. The number of hydrogen-bond acceptors (Lipinski definition) is 3. The molecule has 1 aliphatic heterocycles. The van der Waals surface area contributed by atoms with Crippen LogP contribution in [-0.2, 0) is 13.5 Å². The van der Waals surface area contributed by atoms with Gasteiger partial charge in [-0.05, 0) is 36.6 Å². The zero-order valence-electron chi connectivity index (χ0n) is 12.8. The van der Waals surface area contributed by atoms with E-state index in [2.05, 4.69) is 10.6 Å². The Morgan fingerprint density at radius 3 is 2.78 bits per heavy atom. The first-order chi connectivity index (χ1) is 10.5. The fraction of sp³-hybridized carbons (Fsp3) is 0.250. The molecule has 0 saturated heterocycles. The molecule has 3 rings (SSSR count). The van der Waals surface area contributed by atoms with Crippen LogP contribution in [0, 0.1) is 0 Å². The van der Waals surface area contributed by atoms with Crippen LogP contribution in [0.4, 0.5) is 11.4 Å². The highest BCUT2D eigenvalue weighted by atomic mass is 35.5. The second kappa shape index (κ2) is 6.75. The first kappa shape index (κ1) is 16.9. The van der Waals surface area contributed by atoms with Crippen molar-refractivity contribution in [2.24, 2.45) is 12.8 Å². The number of anilines is 2. The molecule has 2 aromatic rings. The number of aromatic nitrogens is 1. The molecule has 23 heavy (non-hydrogen) atoms. The van der Waals surface area contributed by atoms with E-state index in [4.69, 9.17) is 5.73 Å². The second-order valence-electron chi connectivity index (χ2n) is 5.45. The fourth-order valence-corrected chi connectivity index (χ4v) is 2.66. The quantitative estimate of drug-likeness (QED) is 0.803. The number of rotatable bonds is 3. The van der Waals surface area contributed by atoms with E-state index >= 15 is 0 Å². The minimum atomic E-state index is -0.548. The molecule has 4 N–H and O–H groups in total. The lowest BCUT2D eigenvalue weighted by Gasteiger charge is -2.18. The van der Waals surface area contributed by atoms with E-state index < -0.39 is 5.91 Å². The van der Waals surface area contributed by atoms with Gasteiger partial charge in [-0.15, -0.1) is 12.4 Å². The minimum Gasteiger partial charge on any atom is -0.385 e. The van der Waals surface area contributed by atoms with Crippen LogP contribution in [0.2, 0.25) is 0 Å². The highest BCUT2D eigenvalue weighted by Crippen LogP contribution is 2.25. The zero-order chi connectivity index (χ0) is 15.7. The predicted molar refractivity (Wildman–Crippen MR) is 92.4 cm³/mol. The van der Waals surface area contributed by atoms with Crippen LogP contribution >= 0.6 is 12.4 Å². The van der Waals surface area contributed by atoms with Gasteiger partial charge < -0.3 is 20.9 Å². The van der Waals surface area contributed by atoms with Crippen LogP contribution < -0.4 is 16.4 Å². The van der Waals surface area contributed by atoms with Gasteiger partial charge in [0.2, 0.25) is 5.91 Å². The van der Waals surface area contributed by atoms with E-state index in [1.807, 2.05) is 18.2 Å². The molecule has 2 heterocycles. The molecule has 7 heteroatoms. The monoisotopic (exact) mass is 334 g/mol. The number of carbonyl (C=O) groups excluding carboxylic acids is 2. The number of nitrogens with two attached hydrogens (primary N) is 1. The number of aryl methyl sites for hydroxylation is 2. The number of hydrogen-bond donors (Lipinski definition) is 3. The maximum Gasteiger partial charge on any atom is 0.272 e. The van der Waals surface area contributed by atoms with Gasteiger partial charge in [-0.1, -0.05) is 6.07 Å². The number of halogens is 1. The van der Waals surface area contributed by atoms with E-state index in [1.165, 1.54) is 11.6 Å². The van der Waals surface area contributed by atoms with Crippen LogP contribution in [0.25, 0.3) is 0 Å². The smallest absolute Gasteiger partial charge is 0.272 e. The van der Waals surface area contributed by atoms with Gasteiger partial charge in [0.05, 0.1) is 5.56 Å². The highest BCUT2D eigenvalue weighted by molar-refractivity contribution is 6.05. The van der Waals surface area contributed by atoms with Gasteiger partial charge in [0.1, 0.15) is 5.69 Å². The molecular formula is C16H19ClN4O2. The van der Waals surface area contributed by atoms with Crippen molar-refractivity contribution >= 4 is 35.6 Å². The number of carbonyl (C=O) groups is 2. The number of amides is 2. The molecular weight excluding hydrogens is 316 g/mol. The molecule has 2 amide bonds. The molecule has 0 radical (unpaired) electrons. The molecule has 1 aromatic heterocycles. The first-order valence-corrected chi connectivity index (χ1v) is 7.19. The molecule has 0 aliphatic carbocycles. The second-order valence-corrected chi connectivity index (χ2v) is 5.45. The van der Waals surface area contributed by atoms with Crippen molar-refractivity contribution in [1.29, 1.82) is 0 Å². The Morgan fingerprint density at radius 2 is 2.09 bits per heavy atom. The van der Waals surface area contributed by atoms with Crippen molar-refractivity contribution in [2.45, 2.75) is 12.8 Å². The molecule has 0 spiro atoms. The molecule has 122 valence electrons. The number of fused-ring (bicyclic) bond motifs is 1. The topological polar surface area (TPSA) is 89.2 Å². The van der Waals surface area contributed by atoms with Crippen molar-refractivity contribution in [3.8, 4) is 0 Å². The minimum absolute atomic E-state index is 0. The van der Waals surface area contributed by atoms with Crippen LogP contribution in [0.15, 0.2) is 30.5 Å². The summed E-state index contributed by atoms with van der Waals surface area (Å²) in [5.74, 6) is -0.821. The lowest BCUT2D eigenvalue weighted by molar-refractivity contribution is 0.0998. The highest BCUT2D eigenvalue weighted by Gasteiger charge is 2.15. The predicted octanol–water partition coefficient (Wildman–Crippen LogP) is 2.16. The van der Waals surface area contributed by atoms with Gasteiger partial charge in [0.25, 0.3) is 5.91 Å². The van der Waals surface area contributed by atoms with Crippen molar-refractivity contribution in [2.75, 3.05) is 17.2 Å². The maximum atomic E-state index is 12.3. The van der Waals surface area contributed by atoms with Crippen LogP contribution in [-0.4, -0.2) is 22.9 Å². The summed E-state index contributed by atoms with van der Waals surface area (Å²) in [5, 5.41) is 6.18. The van der Waals surface area contributed by atoms with Gasteiger partial charge >= 0.3 is 0 Å². The molecule has 0 atom stereocenters. The number of primary amides is 1. The fourth-order valence-electron chi connectivity index (χ4n) is 2.66. The molecule has 0 unspecified atom stereocenters. The Hall–Kier alpha value is -2.47. The first-order valence-electron chi connectivity index (χ1n) is 7.19. The summed E-state index contributed by atoms with van der Waals surface area (Å²) in [5.41, 5.74) is 8.99. The van der Waals surface area contributed by atoms with Crippen LogP contribution in [0.5, 0.6) is 0 Å². The molecule has 6 nitrogen and oxygen atoms in total. The standard InChI is InChI=1S/C16H18N4O2.ClH/c1-20-9-11(15(17)21)7-14(20)16(22)19-12-5-4-10-3-2-6-18-13(10)8-12;/h4-5,7-9,18H,2-3,6H2,1H3,(H2,17,21)(H,19,22);1H. The van der Waals surface area contributed by atoms with E-state index in [1.54, 1.807) is 17.8 Å². The number of nitrogens with zero attached hydrogens (tertiary/aromatic N) is 1. The third kappa shape index (κ3) is 3.48. The van der Waals surface area contributed by atoms with E-state index in [9.17, 15) is 9.59 Å². The third-order valence-electron chi connectivity index (χ3n) is 3.83. The Labute approximate surface area is 140 Å². The van der Waals surface area contributed by atoms with Gasteiger partial charge in [-0.2, -0.15) is 0 Å². The number of nitrogens with one attached hydrogen (secondary N) is 2. The molecule has 0 fully saturated rings. The van der Waals surface area contributed by atoms with Gasteiger partial charge in [0, 0.05) is 31.2 Å². The summed E-state index contributed by atoms with van der Waals surface area (Å²) in [6, 6.07) is 7.34. The molecule has 0 bridgehead atoms. The van der Waals surface area contributed by atoms with E-state index in [0.717, 1.165) is 30.8 Å². The summed E-state index contributed by atoms with van der Waals surface area (Å²) < 4.78 is 1.59. The van der Waals surface area contributed by atoms with Gasteiger partial charge in [-0.3, -0.25) is 9.59 Å². The van der Waals surface area contributed by atoms with E-state index in [0.29, 0.717) is 11.3 Å². The number of benzene rings is 1. The van der Waals surface area contributed by atoms with Crippen molar-refractivity contribution < 1.29 is 9.59 Å². The largest absolute Gasteiger partial charge is 0.385 e. The SMILES string of the molecule is Cl.Cn1cc(C(N)=O)cc1C(=O)Nc1ccc2c(c1)NCCC2. The zero-order valence-corrected chi connectivity index (χ0v) is 13.6. The summed E-state index contributed by atoms with van der Waals surface area (Å²) in [7, 11) is 1.70. The summed E-state index contributed by atoms with van der Waals surface area (Å²) in [6.07, 6.45) is 3.72. The summed E-state index contributed by atoms with van der Waals surface area (Å²) in [6.45, 7) is 0.949. The average molecular weight is 335 g/mol. The average Bonchev–Trinajstić information content (AvgIpc) is 2.89. The molecule has 1 aliphatic rings. The lowest BCUT2D eigenvalue weighted by atomic mass is 10.0. The lowest BCUT2D eigenvalue weighted by Crippen LogP contribution is -2.16. The van der Waals surface area contributed by atoms with Crippen molar-refractivity contribution in [1.82, 2.24) is 4.57 Å². The molecule has 1 aromatic carbocycles. The summed E-state index contributed by atoms with van der Waals surface area (Å²) in [4.78, 5) is 23.5. The van der Waals surface area contributed by atoms with Gasteiger partial charge in [0.15, 0.2) is 0 Å². The van der Waals surface area contributed by atoms with Gasteiger partial charge in [-0.25, -0.2) is 0 Å². The maximum absolute atomic E-state index is 12.3. The van der Waals surface area contributed by atoms with E-state index in [-0.39, 0.29) is 18.3 Å². The molecule has 0 saturated carbocycles.